The van der Waals surface area contributed by atoms with E-state index in [0.717, 1.165) is 24.3 Å². The fraction of sp³-hybridized carbons (Fsp3) is 1.00. The predicted octanol–water partition coefficient (Wildman–Crippen LogP) is 0.848. The number of methoxy groups -OCH3 is 1. The molecule has 0 atom stereocenters. The number of rotatable bonds is 1. The molecule has 0 amide bonds. The Morgan fingerprint density at radius 1 is 1.44 bits per heavy atom. The average molecular weight is 148 g/mol. The number of hydrogen-bond donors (Lipinski definition) is 1. The van der Waals surface area contributed by atoms with E-state index in [1.165, 1.54) is 0 Å². The summed E-state index contributed by atoms with van der Waals surface area (Å²) in [5.41, 5.74) is 0. The Balaban J connectivity index is 2.37. The van der Waals surface area contributed by atoms with Gasteiger partial charge in [-0.2, -0.15) is 11.8 Å². The van der Waals surface area contributed by atoms with Crippen molar-refractivity contribution >= 4 is 11.8 Å². The molecular weight excluding hydrogens is 136 g/mol. The summed E-state index contributed by atoms with van der Waals surface area (Å²) in [6, 6.07) is 0. The van der Waals surface area contributed by atoms with E-state index in [1.54, 1.807) is 7.11 Å². The van der Waals surface area contributed by atoms with Gasteiger partial charge in [0.25, 0.3) is 0 Å². The van der Waals surface area contributed by atoms with Gasteiger partial charge in [-0.25, -0.2) is 0 Å². The summed E-state index contributed by atoms with van der Waals surface area (Å²) >= 11 is 1.87. The van der Waals surface area contributed by atoms with Crippen molar-refractivity contribution in [2.24, 2.45) is 0 Å². The summed E-state index contributed by atoms with van der Waals surface area (Å²) in [6.07, 6.45) is 1.54. The van der Waals surface area contributed by atoms with Crippen LogP contribution in [0.15, 0.2) is 0 Å². The molecule has 1 aliphatic rings. The first kappa shape index (κ1) is 7.38. The van der Waals surface area contributed by atoms with Crippen LogP contribution in [0.2, 0.25) is 0 Å². The standard InChI is InChI=1S/C6H12O2S/c1-8-6(7)2-4-9-5-3-6/h7H,2-5H2,1H3. The van der Waals surface area contributed by atoms with Gasteiger partial charge in [-0.05, 0) is 11.5 Å². The maximum Gasteiger partial charge on any atom is 0.166 e. The van der Waals surface area contributed by atoms with Gasteiger partial charge in [0, 0.05) is 20.0 Å². The lowest BCUT2D eigenvalue weighted by Crippen LogP contribution is -2.35. The molecule has 1 saturated heterocycles. The van der Waals surface area contributed by atoms with Crippen LogP contribution >= 0.6 is 11.8 Å². The van der Waals surface area contributed by atoms with Crippen LogP contribution < -0.4 is 0 Å². The van der Waals surface area contributed by atoms with Crippen molar-refractivity contribution in [2.75, 3.05) is 18.6 Å². The average Bonchev–Trinajstić information content (AvgIpc) is 1.90. The van der Waals surface area contributed by atoms with E-state index < -0.39 is 5.79 Å². The largest absolute Gasteiger partial charge is 0.365 e. The second-order valence-electron chi connectivity index (χ2n) is 2.26. The molecule has 0 aromatic carbocycles. The monoisotopic (exact) mass is 148 g/mol. The molecule has 1 fully saturated rings. The van der Waals surface area contributed by atoms with Gasteiger partial charge < -0.3 is 9.84 Å². The maximum absolute atomic E-state index is 9.44. The summed E-state index contributed by atoms with van der Waals surface area (Å²) in [5, 5.41) is 9.44. The first-order valence-electron chi connectivity index (χ1n) is 3.12. The molecule has 0 unspecified atom stereocenters. The Morgan fingerprint density at radius 2 is 2.00 bits per heavy atom. The lowest BCUT2D eigenvalue weighted by molar-refractivity contribution is -0.188. The van der Waals surface area contributed by atoms with Crippen LogP contribution in [0.25, 0.3) is 0 Å². The van der Waals surface area contributed by atoms with E-state index in [2.05, 4.69) is 0 Å². The normalized spacial score (nSPS) is 26.0. The van der Waals surface area contributed by atoms with Gasteiger partial charge in [0.15, 0.2) is 5.79 Å². The van der Waals surface area contributed by atoms with Crippen LogP contribution in [0.5, 0.6) is 0 Å². The summed E-state index contributed by atoms with van der Waals surface area (Å²) in [4.78, 5) is 0. The molecule has 0 aromatic rings. The molecule has 1 heterocycles. The zero-order valence-electron chi connectivity index (χ0n) is 5.59. The van der Waals surface area contributed by atoms with Crippen LogP contribution in [0.1, 0.15) is 12.8 Å². The molecule has 9 heavy (non-hydrogen) atoms. The minimum Gasteiger partial charge on any atom is -0.365 e. The van der Waals surface area contributed by atoms with Crippen LogP contribution in [0, 0.1) is 0 Å². The molecule has 1 N–H and O–H groups in total. The molecule has 0 radical (unpaired) electrons. The molecule has 2 nitrogen and oxygen atoms in total. The lowest BCUT2D eigenvalue weighted by atomic mass is 10.1. The Bertz CT molecular complexity index is 89.1. The molecule has 1 aliphatic heterocycles. The Labute approximate surface area is 59.6 Å². The van der Waals surface area contributed by atoms with Gasteiger partial charge in [-0.3, -0.25) is 0 Å². The summed E-state index contributed by atoms with van der Waals surface area (Å²) < 4.78 is 4.92. The third-order valence-corrected chi connectivity index (χ3v) is 2.64. The van der Waals surface area contributed by atoms with Crippen LogP contribution in [-0.2, 0) is 4.74 Å². The van der Waals surface area contributed by atoms with Crippen molar-refractivity contribution < 1.29 is 9.84 Å². The summed E-state index contributed by atoms with van der Waals surface area (Å²) in [7, 11) is 1.57. The Hall–Kier alpha value is 0.270. The van der Waals surface area contributed by atoms with Crippen molar-refractivity contribution in [2.45, 2.75) is 18.6 Å². The van der Waals surface area contributed by atoms with Gasteiger partial charge in [0.05, 0.1) is 0 Å². The smallest absolute Gasteiger partial charge is 0.166 e. The van der Waals surface area contributed by atoms with E-state index in [1.807, 2.05) is 11.8 Å². The van der Waals surface area contributed by atoms with Crippen molar-refractivity contribution in [1.29, 1.82) is 0 Å². The number of aliphatic hydroxyl groups is 1. The fourth-order valence-electron chi connectivity index (χ4n) is 0.894. The first-order chi connectivity index (χ1) is 4.27. The van der Waals surface area contributed by atoms with Crippen LogP contribution in [0.3, 0.4) is 0 Å². The van der Waals surface area contributed by atoms with Gasteiger partial charge in [-0.1, -0.05) is 0 Å². The maximum atomic E-state index is 9.44. The van der Waals surface area contributed by atoms with E-state index in [4.69, 9.17) is 4.74 Å². The Morgan fingerprint density at radius 3 is 2.33 bits per heavy atom. The van der Waals surface area contributed by atoms with Crippen molar-refractivity contribution in [3.8, 4) is 0 Å². The lowest BCUT2D eigenvalue weighted by Gasteiger charge is -2.29. The molecule has 3 heteroatoms. The highest BCUT2D eigenvalue weighted by Gasteiger charge is 2.28. The van der Waals surface area contributed by atoms with Crippen LogP contribution in [-0.4, -0.2) is 29.5 Å². The van der Waals surface area contributed by atoms with E-state index in [9.17, 15) is 5.11 Å². The zero-order chi connectivity index (χ0) is 6.74. The third kappa shape index (κ3) is 1.85. The Kier molecular flexibility index (Phi) is 2.38. The second-order valence-corrected chi connectivity index (χ2v) is 3.49. The summed E-state index contributed by atoms with van der Waals surface area (Å²) in [5.74, 6) is 1.24. The van der Waals surface area contributed by atoms with Crippen molar-refractivity contribution in [3.63, 3.8) is 0 Å². The molecular formula is C6H12O2S. The van der Waals surface area contributed by atoms with Gasteiger partial charge in [0.2, 0.25) is 0 Å². The highest BCUT2D eigenvalue weighted by molar-refractivity contribution is 7.99. The number of hydrogen-bond acceptors (Lipinski definition) is 3. The van der Waals surface area contributed by atoms with Gasteiger partial charge >= 0.3 is 0 Å². The van der Waals surface area contributed by atoms with E-state index in [-0.39, 0.29) is 0 Å². The second kappa shape index (κ2) is 2.90. The predicted molar refractivity (Wildman–Crippen MR) is 38.5 cm³/mol. The molecule has 0 aliphatic carbocycles. The summed E-state index contributed by atoms with van der Waals surface area (Å²) in [6.45, 7) is 0. The fourth-order valence-corrected chi connectivity index (χ4v) is 2.03. The molecule has 54 valence electrons. The molecule has 0 aromatic heterocycles. The highest BCUT2D eigenvalue weighted by atomic mass is 32.2. The first-order valence-corrected chi connectivity index (χ1v) is 4.28. The van der Waals surface area contributed by atoms with E-state index in [0.29, 0.717) is 0 Å². The van der Waals surface area contributed by atoms with Crippen molar-refractivity contribution in [1.82, 2.24) is 0 Å². The van der Waals surface area contributed by atoms with Crippen LogP contribution in [0.4, 0.5) is 0 Å². The third-order valence-electron chi connectivity index (χ3n) is 1.65. The minimum absolute atomic E-state index is 0.772. The van der Waals surface area contributed by atoms with Gasteiger partial charge in [0.1, 0.15) is 0 Å². The molecule has 0 bridgehead atoms. The molecule has 0 spiro atoms. The molecule has 1 rings (SSSR count). The molecule has 0 saturated carbocycles. The van der Waals surface area contributed by atoms with Gasteiger partial charge in [-0.15, -0.1) is 0 Å². The number of ether oxygens (including phenoxy) is 1. The highest BCUT2D eigenvalue weighted by Crippen LogP contribution is 2.26. The van der Waals surface area contributed by atoms with E-state index >= 15 is 0 Å². The number of thioether (sulfide) groups is 1. The zero-order valence-corrected chi connectivity index (χ0v) is 6.41. The SMILES string of the molecule is COC1(O)CCSCC1. The minimum atomic E-state index is -0.800. The topological polar surface area (TPSA) is 29.5 Å². The quantitative estimate of drug-likeness (QED) is 0.559. The van der Waals surface area contributed by atoms with Crippen molar-refractivity contribution in [3.05, 3.63) is 0 Å².